The highest BCUT2D eigenvalue weighted by molar-refractivity contribution is 5.71. The van der Waals surface area contributed by atoms with E-state index in [0.717, 1.165) is 122 Å². The van der Waals surface area contributed by atoms with Crippen molar-refractivity contribution in [2.24, 2.45) is 0 Å². The van der Waals surface area contributed by atoms with Gasteiger partial charge >= 0.3 is 17.9 Å². The molecule has 0 aliphatic rings. The third kappa shape index (κ3) is 59.5. The molecule has 0 heterocycles. The van der Waals surface area contributed by atoms with Gasteiger partial charge in [-0.1, -0.05) is 260 Å². The number of allylic oxidation sites excluding steroid dienone is 14. The van der Waals surface area contributed by atoms with E-state index in [9.17, 15) is 14.4 Å². The fraction of sp³-hybridized carbons (Fsp3) is 0.750. The second kappa shape index (κ2) is 62.1. The van der Waals surface area contributed by atoms with Crippen molar-refractivity contribution in [3.63, 3.8) is 0 Å². The van der Waals surface area contributed by atoms with Crippen LogP contribution in [0.2, 0.25) is 0 Å². The van der Waals surface area contributed by atoms with Gasteiger partial charge < -0.3 is 14.2 Å². The molecule has 0 N–H and O–H groups in total. The molecule has 0 spiro atoms. The molecule has 6 nitrogen and oxygen atoms in total. The Hall–Kier alpha value is -3.41. The normalized spacial score (nSPS) is 12.6. The van der Waals surface area contributed by atoms with Gasteiger partial charge in [0.05, 0.1) is 0 Å². The second-order valence-electron chi connectivity index (χ2n) is 20.9. The van der Waals surface area contributed by atoms with Gasteiger partial charge in [0.1, 0.15) is 13.2 Å². The minimum atomic E-state index is -0.791. The zero-order valence-corrected chi connectivity index (χ0v) is 48.8. The average Bonchev–Trinajstić information content (AvgIpc) is 3.40. The highest BCUT2D eigenvalue weighted by atomic mass is 16.6. The summed E-state index contributed by atoms with van der Waals surface area (Å²) in [6.07, 6.45) is 81.5. The predicted molar refractivity (Wildman–Crippen MR) is 321 cm³/mol. The first-order valence-electron chi connectivity index (χ1n) is 31.6. The summed E-state index contributed by atoms with van der Waals surface area (Å²) in [6.45, 7) is 6.52. The van der Waals surface area contributed by atoms with Crippen LogP contribution in [0.3, 0.4) is 0 Å². The third-order valence-corrected chi connectivity index (χ3v) is 13.6. The number of carbonyl (C=O) groups excluding carboxylic acids is 3. The quantitative estimate of drug-likeness (QED) is 0.0261. The van der Waals surface area contributed by atoms with Crippen molar-refractivity contribution in [1.82, 2.24) is 0 Å². The first kappa shape index (κ1) is 70.6. The molecule has 6 heteroatoms. The number of esters is 3. The van der Waals surface area contributed by atoms with Gasteiger partial charge in [0, 0.05) is 19.3 Å². The van der Waals surface area contributed by atoms with Crippen LogP contribution in [0, 0.1) is 0 Å². The first-order valence-corrected chi connectivity index (χ1v) is 31.6. The maximum absolute atomic E-state index is 12.9. The lowest BCUT2D eigenvalue weighted by molar-refractivity contribution is -0.167. The zero-order chi connectivity index (χ0) is 53.6. The summed E-state index contributed by atoms with van der Waals surface area (Å²) in [5, 5.41) is 0. The van der Waals surface area contributed by atoms with E-state index in [1.807, 2.05) is 0 Å². The Labute approximate surface area is 458 Å². The van der Waals surface area contributed by atoms with Crippen molar-refractivity contribution in [3.8, 4) is 0 Å². The van der Waals surface area contributed by atoms with Crippen LogP contribution in [0.15, 0.2) is 85.1 Å². The lowest BCUT2D eigenvalue weighted by atomic mass is 10.1. The van der Waals surface area contributed by atoms with Gasteiger partial charge in [0.25, 0.3) is 0 Å². The summed E-state index contributed by atoms with van der Waals surface area (Å²) in [7, 11) is 0. The standard InChI is InChI=1S/C68H118O6/c1-4-7-10-13-16-19-22-25-28-30-31-32-33-34-35-36-37-38-41-43-46-49-52-55-58-61-67(70)73-64-65(63-72-66(69)60-57-54-51-48-45-42-39-27-24-21-18-15-12-9-6-3)74-68(71)62-59-56-53-50-47-44-40-29-26-23-20-17-14-11-8-5-2/h9,12,18,21-22,25,27,29-31,33-34,39-40,65H,4-8,10-11,13-17,19-20,23-24,26,28,32,35-38,41-64H2,1-3H3/b12-9-,21-18-,25-22-,31-30-,34-33-,39-27-,40-29-. The van der Waals surface area contributed by atoms with E-state index in [1.54, 1.807) is 0 Å². The molecule has 0 aliphatic carbocycles. The summed E-state index contributed by atoms with van der Waals surface area (Å²) < 4.78 is 16.9. The van der Waals surface area contributed by atoms with Gasteiger partial charge in [-0.05, 0) is 116 Å². The van der Waals surface area contributed by atoms with E-state index in [-0.39, 0.29) is 31.1 Å². The molecule has 0 aromatic carbocycles. The topological polar surface area (TPSA) is 78.9 Å². The van der Waals surface area contributed by atoms with Crippen LogP contribution < -0.4 is 0 Å². The van der Waals surface area contributed by atoms with E-state index >= 15 is 0 Å². The monoisotopic (exact) mass is 1030 g/mol. The van der Waals surface area contributed by atoms with Crippen LogP contribution in [0.5, 0.6) is 0 Å². The molecule has 0 aliphatic heterocycles. The molecule has 0 fully saturated rings. The molecule has 0 amide bonds. The molecule has 1 unspecified atom stereocenters. The van der Waals surface area contributed by atoms with Crippen LogP contribution in [-0.2, 0) is 28.6 Å². The largest absolute Gasteiger partial charge is 0.462 e. The van der Waals surface area contributed by atoms with Crippen LogP contribution in [0.1, 0.15) is 310 Å². The maximum atomic E-state index is 12.9. The molecule has 74 heavy (non-hydrogen) atoms. The third-order valence-electron chi connectivity index (χ3n) is 13.6. The SMILES string of the molecule is CC/C=C\C/C=C\C/C=C\CCCCCCCC(=O)OCC(COC(=O)CCCCCCCCCCCC/C=C\C/C=C\C/C=C\CCCCCCC)OC(=O)CCCCCCC/C=C\CCCCCCCCC. The summed E-state index contributed by atoms with van der Waals surface area (Å²) in [6, 6.07) is 0. The van der Waals surface area contributed by atoms with Crippen molar-refractivity contribution in [3.05, 3.63) is 85.1 Å². The van der Waals surface area contributed by atoms with Crippen LogP contribution in [0.25, 0.3) is 0 Å². The van der Waals surface area contributed by atoms with Gasteiger partial charge in [-0.2, -0.15) is 0 Å². The van der Waals surface area contributed by atoms with Crippen LogP contribution in [0.4, 0.5) is 0 Å². The van der Waals surface area contributed by atoms with Gasteiger partial charge in [0.2, 0.25) is 0 Å². The summed E-state index contributed by atoms with van der Waals surface area (Å²) in [5.74, 6) is -0.906. The predicted octanol–water partition coefficient (Wildman–Crippen LogP) is 21.5. The minimum absolute atomic E-state index is 0.0869. The Morgan fingerprint density at radius 1 is 0.284 bits per heavy atom. The number of carbonyl (C=O) groups is 3. The maximum Gasteiger partial charge on any atom is 0.306 e. The van der Waals surface area contributed by atoms with E-state index < -0.39 is 6.10 Å². The van der Waals surface area contributed by atoms with E-state index in [0.29, 0.717) is 19.3 Å². The molecule has 0 aromatic rings. The van der Waals surface area contributed by atoms with Crippen LogP contribution >= 0.6 is 0 Å². The smallest absolute Gasteiger partial charge is 0.306 e. The average molecular weight is 1030 g/mol. The summed E-state index contributed by atoms with van der Waals surface area (Å²) in [4.78, 5) is 38.3. The van der Waals surface area contributed by atoms with Gasteiger partial charge in [-0.25, -0.2) is 0 Å². The Bertz CT molecular complexity index is 1420. The lowest BCUT2D eigenvalue weighted by Crippen LogP contribution is -2.30. The highest BCUT2D eigenvalue weighted by Crippen LogP contribution is 2.16. The van der Waals surface area contributed by atoms with Gasteiger partial charge in [0.15, 0.2) is 6.10 Å². The van der Waals surface area contributed by atoms with Crippen molar-refractivity contribution in [1.29, 1.82) is 0 Å². The first-order chi connectivity index (χ1) is 36.5. The van der Waals surface area contributed by atoms with E-state index in [1.165, 1.54) is 148 Å². The number of rotatable bonds is 57. The second-order valence-corrected chi connectivity index (χ2v) is 20.9. The zero-order valence-electron chi connectivity index (χ0n) is 48.8. The van der Waals surface area contributed by atoms with Gasteiger partial charge in [-0.3, -0.25) is 14.4 Å². The Kier molecular flexibility index (Phi) is 59.3. The number of ether oxygens (including phenoxy) is 3. The molecule has 0 aromatic heterocycles. The fourth-order valence-electron chi connectivity index (χ4n) is 8.87. The number of unbranched alkanes of at least 4 members (excludes halogenated alkanes) is 32. The summed E-state index contributed by atoms with van der Waals surface area (Å²) in [5.41, 5.74) is 0. The van der Waals surface area contributed by atoms with Crippen LogP contribution in [-0.4, -0.2) is 37.2 Å². The van der Waals surface area contributed by atoms with Crippen molar-refractivity contribution >= 4 is 17.9 Å². The van der Waals surface area contributed by atoms with E-state index in [2.05, 4.69) is 106 Å². The lowest BCUT2D eigenvalue weighted by Gasteiger charge is -2.18. The molecule has 426 valence electrons. The molecule has 1 atom stereocenters. The summed E-state index contributed by atoms with van der Waals surface area (Å²) >= 11 is 0. The Morgan fingerprint density at radius 2 is 0.527 bits per heavy atom. The molecular formula is C68H118O6. The number of hydrogen-bond acceptors (Lipinski definition) is 6. The molecule has 0 rings (SSSR count). The Morgan fingerprint density at radius 3 is 0.838 bits per heavy atom. The molecule has 0 saturated heterocycles. The molecule has 0 saturated carbocycles. The van der Waals surface area contributed by atoms with Crippen molar-refractivity contribution < 1.29 is 28.6 Å². The molecule has 0 radical (unpaired) electrons. The molecular weight excluding hydrogens is 913 g/mol. The minimum Gasteiger partial charge on any atom is -0.462 e. The fourth-order valence-corrected chi connectivity index (χ4v) is 8.87. The highest BCUT2D eigenvalue weighted by Gasteiger charge is 2.19. The molecule has 0 bridgehead atoms. The van der Waals surface area contributed by atoms with Crippen molar-refractivity contribution in [2.45, 2.75) is 316 Å². The van der Waals surface area contributed by atoms with E-state index in [4.69, 9.17) is 14.2 Å². The van der Waals surface area contributed by atoms with Crippen molar-refractivity contribution in [2.75, 3.05) is 13.2 Å². The van der Waals surface area contributed by atoms with Gasteiger partial charge in [-0.15, -0.1) is 0 Å². The Balaban J connectivity index is 4.35. The number of hydrogen-bond donors (Lipinski definition) is 0.